The third kappa shape index (κ3) is 3.92. The number of aromatic nitrogens is 4. The normalized spacial score (nSPS) is 14.9. The van der Waals surface area contributed by atoms with Crippen LogP contribution in [0.2, 0.25) is 0 Å². The van der Waals surface area contributed by atoms with Gasteiger partial charge in [0.25, 0.3) is 11.7 Å². The van der Waals surface area contributed by atoms with E-state index in [9.17, 15) is 18.0 Å². The molecule has 1 N–H and O–H groups in total. The largest absolute Gasteiger partial charge is 0.416 e. The fraction of sp³-hybridized carbons (Fsp3) is 0.368. The number of fused-ring (bicyclic) bond motifs is 1. The van der Waals surface area contributed by atoms with Gasteiger partial charge in [-0.3, -0.25) is 4.79 Å². The van der Waals surface area contributed by atoms with Crippen LogP contribution in [0.3, 0.4) is 0 Å². The maximum absolute atomic E-state index is 13.2. The van der Waals surface area contributed by atoms with Crippen LogP contribution in [0.4, 0.5) is 24.5 Å². The third-order valence-corrected chi connectivity index (χ3v) is 4.75. The molecule has 0 aliphatic carbocycles. The van der Waals surface area contributed by atoms with Crippen LogP contribution in [-0.2, 0) is 10.9 Å². The molecule has 0 saturated carbocycles. The van der Waals surface area contributed by atoms with Gasteiger partial charge in [0.15, 0.2) is 0 Å². The number of hydrogen-bond donors (Lipinski definition) is 1. The Bertz CT molecular complexity index is 1110. The van der Waals surface area contributed by atoms with Gasteiger partial charge in [-0.2, -0.15) is 18.2 Å². The van der Waals surface area contributed by atoms with E-state index in [0.717, 1.165) is 17.8 Å². The monoisotopic (exact) mass is 420 g/mol. The summed E-state index contributed by atoms with van der Waals surface area (Å²) in [5, 5.41) is 6.68. The van der Waals surface area contributed by atoms with Crippen molar-refractivity contribution >= 4 is 23.1 Å². The van der Waals surface area contributed by atoms with Crippen molar-refractivity contribution in [2.24, 2.45) is 0 Å². The van der Waals surface area contributed by atoms with Crippen LogP contribution in [0.15, 0.2) is 24.3 Å². The first kappa shape index (κ1) is 20.1. The molecule has 3 aromatic rings. The Morgan fingerprint density at radius 3 is 2.57 bits per heavy atom. The Morgan fingerprint density at radius 2 is 1.87 bits per heavy atom. The Labute approximate surface area is 169 Å². The number of benzene rings is 1. The summed E-state index contributed by atoms with van der Waals surface area (Å²) in [6.07, 6.45) is -4.54. The van der Waals surface area contributed by atoms with Gasteiger partial charge in [0.1, 0.15) is 0 Å². The van der Waals surface area contributed by atoms with Gasteiger partial charge in [0, 0.05) is 24.5 Å². The van der Waals surface area contributed by atoms with Crippen molar-refractivity contribution < 1.29 is 22.7 Å². The first-order chi connectivity index (χ1) is 14.2. The highest BCUT2D eigenvalue weighted by Crippen LogP contribution is 2.36. The number of morpholine rings is 1. The van der Waals surface area contributed by atoms with E-state index < -0.39 is 17.6 Å². The molecule has 1 fully saturated rings. The quantitative estimate of drug-likeness (QED) is 0.702. The van der Waals surface area contributed by atoms with E-state index in [1.165, 1.54) is 10.6 Å². The average molecular weight is 420 g/mol. The number of hydrogen-bond acceptors (Lipinski definition) is 6. The first-order valence-corrected chi connectivity index (χ1v) is 9.29. The molecular formula is C19H19F3N6O2. The number of ether oxygens (including phenoxy) is 1. The summed E-state index contributed by atoms with van der Waals surface area (Å²) >= 11 is 0. The first-order valence-electron chi connectivity index (χ1n) is 9.29. The summed E-state index contributed by atoms with van der Waals surface area (Å²) in [6.45, 7) is 5.49. The summed E-state index contributed by atoms with van der Waals surface area (Å²) in [4.78, 5) is 23.0. The lowest BCUT2D eigenvalue weighted by Crippen LogP contribution is -2.37. The lowest BCUT2D eigenvalue weighted by molar-refractivity contribution is -0.137. The molecule has 3 heterocycles. The van der Waals surface area contributed by atoms with Gasteiger partial charge < -0.3 is 15.0 Å². The maximum Gasteiger partial charge on any atom is 0.416 e. The minimum absolute atomic E-state index is 0.0384. The number of nitrogens with zero attached hydrogens (tertiary/aromatic N) is 5. The van der Waals surface area contributed by atoms with Crippen LogP contribution in [0.1, 0.15) is 27.6 Å². The van der Waals surface area contributed by atoms with Gasteiger partial charge >= 0.3 is 6.18 Å². The maximum atomic E-state index is 13.2. The van der Waals surface area contributed by atoms with Crippen LogP contribution in [0.5, 0.6) is 0 Å². The van der Waals surface area contributed by atoms with Gasteiger partial charge in [0.2, 0.25) is 5.82 Å². The predicted octanol–water partition coefficient (Wildman–Crippen LogP) is 2.85. The summed E-state index contributed by atoms with van der Waals surface area (Å²) in [5.41, 5.74) is 1.11. The molecule has 1 aromatic carbocycles. The molecule has 0 spiro atoms. The molecule has 1 aliphatic rings. The average Bonchev–Trinajstić information content (AvgIpc) is 3.12. The van der Waals surface area contributed by atoms with E-state index in [2.05, 4.69) is 20.4 Å². The highest BCUT2D eigenvalue weighted by molar-refractivity contribution is 6.03. The van der Waals surface area contributed by atoms with Gasteiger partial charge in [-0.15, -0.1) is 5.10 Å². The molecule has 0 radical (unpaired) electrons. The lowest BCUT2D eigenvalue weighted by Gasteiger charge is -2.30. The summed E-state index contributed by atoms with van der Waals surface area (Å²) in [6, 6.07) is 5.06. The van der Waals surface area contributed by atoms with Gasteiger partial charge in [0.05, 0.1) is 30.2 Å². The van der Waals surface area contributed by atoms with Crippen LogP contribution >= 0.6 is 0 Å². The second-order valence-electron chi connectivity index (χ2n) is 6.97. The Morgan fingerprint density at radius 1 is 1.13 bits per heavy atom. The smallest absolute Gasteiger partial charge is 0.378 e. The van der Waals surface area contributed by atoms with E-state index >= 15 is 0 Å². The molecule has 0 bridgehead atoms. The second kappa shape index (κ2) is 7.56. The van der Waals surface area contributed by atoms with Crippen molar-refractivity contribution in [1.82, 2.24) is 19.6 Å². The minimum atomic E-state index is -4.54. The van der Waals surface area contributed by atoms with Crippen LogP contribution < -0.4 is 10.2 Å². The lowest BCUT2D eigenvalue weighted by atomic mass is 10.1. The fourth-order valence-corrected chi connectivity index (χ4v) is 3.33. The van der Waals surface area contributed by atoms with Crippen LogP contribution in [-0.4, -0.2) is 51.8 Å². The summed E-state index contributed by atoms with van der Waals surface area (Å²) < 4.78 is 46.4. The van der Waals surface area contributed by atoms with Gasteiger partial charge in [-0.25, -0.2) is 9.50 Å². The molecule has 0 unspecified atom stereocenters. The van der Waals surface area contributed by atoms with E-state index in [1.54, 1.807) is 19.9 Å². The number of amides is 1. The Kier molecular flexibility index (Phi) is 5.06. The van der Waals surface area contributed by atoms with E-state index in [1.807, 2.05) is 4.90 Å². The number of carbonyl (C=O) groups is 1. The summed E-state index contributed by atoms with van der Waals surface area (Å²) in [7, 11) is 0. The number of alkyl halides is 3. The van der Waals surface area contributed by atoms with Crippen molar-refractivity contribution in [2.75, 3.05) is 36.5 Å². The number of nitrogens with one attached hydrogen (secondary N) is 1. The second-order valence-corrected chi connectivity index (χ2v) is 6.97. The molecule has 4 rings (SSSR count). The number of aryl methyl sites for hydroxylation is 2. The third-order valence-electron chi connectivity index (χ3n) is 4.75. The zero-order valence-electron chi connectivity index (χ0n) is 16.3. The van der Waals surface area contributed by atoms with Gasteiger partial charge in [-0.05, 0) is 38.1 Å². The molecular weight excluding hydrogens is 401 g/mol. The van der Waals surface area contributed by atoms with Crippen LogP contribution in [0, 0.1) is 13.8 Å². The molecule has 2 aromatic heterocycles. The number of halogens is 3. The number of rotatable bonds is 3. The molecule has 1 aliphatic heterocycles. The standard InChI is InChI=1S/C19H19F3N6O2/c1-11-9-12(2)28-18(23-11)25-16(26-28)17(29)24-14-10-13(19(20,21)22)3-4-15(14)27-5-7-30-8-6-27/h3-4,9-10H,5-8H2,1-2H3,(H,24,29). The molecule has 1 saturated heterocycles. The molecule has 0 atom stereocenters. The highest BCUT2D eigenvalue weighted by Gasteiger charge is 2.32. The van der Waals surface area contributed by atoms with E-state index in [4.69, 9.17) is 4.74 Å². The van der Waals surface area contributed by atoms with Crippen molar-refractivity contribution in [2.45, 2.75) is 20.0 Å². The molecule has 11 heteroatoms. The van der Waals surface area contributed by atoms with Crippen LogP contribution in [0.25, 0.3) is 5.78 Å². The zero-order chi connectivity index (χ0) is 21.5. The molecule has 158 valence electrons. The number of anilines is 2. The van der Waals surface area contributed by atoms with Crippen molar-refractivity contribution in [3.63, 3.8) is 0 Å². The van der Waals surface area contributed by atoms with E-state index in [-0.39, 0.29) is 17.3 Å². The van der Waals surface area contributed by atoms with E-state index in [0.29, 0.717) is 37.7 Å². The SMILES string of the molecule is Cc1cc(C)n2nc(C(=O)Nc3cc(C(F)(F)F)ccc3N3CCOCC3)nc2n1. The Hall–Kier alpha value is -3.21. The minimum Gasteiger partial charge on any atom is -0.378 e. The topological polar surface area (TPSA) is 84.7 Å². The van der Waals surface area contributed by atoms with Crippen molar-refractivity contribution in [3.05, 3.63) is 47.0 Å². The van der Waals surface area contributed by atoms with Gasteiger partial charge in [-0.1, -0.05) is 0 Å². The highest BCUT2D eigenvalue weighted by atomic mass is 19.4. The fourth-order valence-electron chi connectivity index (χ4n) is 3.33. The molecule has 1 amide bonds. The van der Waals surface area contributed by atoms with Crippen molar-refractivity contribution in [1.29, 1.82) is 0 Å². The predicted molar refractivity (Wildman–Crippen MR) is 103 cm³/mol. The molecule has 8 nitrogen and oxygen atoms in total. The Balaban J connectivity index is 1.69. The van der Waals surface area contributed by atoms with Crippen molar-refractivity contribution in [3.8, 4) is 0 Å². The molecule has 30 heavy (non-hydrogen) atoms. The number of carbonyl (C=O) groups excluding carboxylic acids is 1. The summed E-state index contributed by atoms with van der Waals surface area (Å²) in [5.74, 6) is -0.650. The zero-order valence-corrected chi connectivity index (χ0v) is 16.3.